The van der Waals surface area contributed by atoms with Gasteiger partial charge in [0.2, 0.25) is 10.0 Å². The van der Waals surface area contributed by atoms with Gasteiger partial charge in [-0.1, -0.05) is 6.07 Å². The summed E-state index contributed by atoms with van der Waals surface area (Å²) in [5.74, 6) is -0.395. The average Bonchev–Trinajstić information content (AvgIpc) is 3.40. The SMILES string of the molecule is CCOCC.COCCS(=O)(=O)N1CCC(c2c[nH]c3c(C(N)=O)cc(B4OC(C)(C)C(C)(C)O4)cc23)CC1. The van der Waals surface area contributed by atoms with Crippen molar-refractivity contribution in [2.45, 2.75) is 71.5 Å². The Morgan fingerprint density at radius 3 is 2.21 bits per heavy atom. The fourth-order valence-electron chi connectivity index (χ4n) is 4.89. The number of rotatable bonds is 9. The van der Waals surface area contributed by atoms with Gasteiger partial charge in [0.25, 0.3) is 5.91 Å². The highest BCUT2D eigenvalue weighted by molar-refractivity contribution is 7.89. The van der Waals surface area contributed by atoms with E-state index in [1.54, 1.807) is 10.4 Å². The Morgan fingerprint density at radius 1 is 1.13 bits per heavy atom. The molecule has 2 fully saturated rings. The molecule has 0 aliphatic carbocycles. The molecule has 0 atom stereocenters. The standard InChI is InChI=1S/C23H34BN3O6S.C4H10O/c1-22(2)23(3,4)33-24(32-22)16-12-17-19(14-26-20(17)18(13-16)21(25)28)15-6-8-27(9-7-15)34(29,30)11-10-31-5;1-3-5-4-2/h12-15,26H,6-11H2,1-5H3,(H2,25,28);3-4H2,1-2H3. The van der Waals surface area contributed by atoms with Crippen molar-refractivity contribution >= 4 is 39.4 Å². The first-order valence-electron chi connectivity index (χ1n) is 13.6. The van der Waals surface area contributed by atoms with E-state index in [-0.39, 0.29) is 18.3 Å². The third kappa shape index (κ3) is 7.04. The monoisotopic (exact) mass is 565 g/mol. The number of H-pyrrole nitrogens is 1. The molecule has 218 valence electrons. The number of carbonyl (C=O) groups is 1. The topological polar surface area (TPSA) is 133 Å². The summed E-state index contributed by atoms with van der Waals surface area (Å²) in [5, 5.41) is 0.890. The molecule has 10 nitrogen and oxygen atoms in total. The molecular formula is C27H44BN3O7S. The van der Waals surface area contributed by atoms with Gasteiger partial charge in [-0.3, -0.25) is 4.79 Å². The third-order valence-corrected chi connectivity index (χ3v) is 9.71. The van der Waals surface area contributed by atoms with Crippen molar-refractivity contribution < 1.29 is 32.0 Å². The maximum atomic E-state index is 12.5. The van der Waals surface area contributed by atoms with E-state index in [0.29, 0.717) is 37.0 Å². The second-order valence-corrected chi connectivity index (χ2v) is 13.0. The lowest BCUT2D eigenvalue weighted by Crippen LogP contribution is -2.41. The van der Waals surface area contributed by atoms with E-state index < -0.39 is 34.3 Å². The van der Waals surface area contributed by atoms with Crippen LogP contribution in [-0.2, 0) is 28.8 Å². The van der Waals surface area contributed by atoms with Crippen LogP contribution >= 0.6 is 0 Å². The van der Waals surface area contributed by atoms with Gasteiger partial charge in [-0.2, -0.15) is 0 Å². The summed E-state index contributed by atoms with van der Waals surface area (Å²) >= 11 is 0. The van der Waals surface area contributed by atoms with Crippen LogP contribution in [0.2, 0.25) is 0 Å². The molecule has 1 amide bonds. The quantitative estimate of drug-likeness (QED) is 0.447. The molecule has 1 aromatic heterocycles. The number of nitrogens with two attached hydrogens (primary N) is 1. The van der Waals surface area contributed by atoms with Gasteiger partial charge in [-0.15, -0.1) is 0 Å². The number of ether oxygens (including phenoxy) is 2. The van der Waals surface area contributed by atoms with Crippen molar-refractivity contribution in [3.05, 3.63) is 29.5 Å². The molecule has 0 bridgehead atoms. The molecule has 2 aliphatic rings. The molecule has 0 spiro atoms. The number of aromatic nitrogens is 1. The number of carbonyl (C=O) groups excluding carboxylic acids is 1. The zero-order valence-corrected chi connectivity index (χ0v) is 25.2. The Bertz CT molecular complexity index is 1220. The van der Waals surface area contributed by atoms with Gasteiger partial charge in [0.05, 0.1) is 34.6 Å². The number of benzene rings is 1. The fourth-order valence-corrected chi connectivity index (χ4v) is 6.29. The van der Waals surface area contributed by atoms with E-state index in [1.165, 1.54) is 7.11 Å². The number of hydrogen-bond donors (Lipinski definition) is 2. The van der Waals surface area contributed by atoms with Crippen LogP contribution in [0.5, 0.6) is 0 Å². The number of nitrogens with zero attached hydrogens (tertiary/aromatic N) is 1. The highest BCUT2D eigenvalue weighted by Crippen LogP contribution is 2.38. The van der Waals surface area contributed by atoms with Crippen LogP contribution < -0.4 is 11.2 Å². The molecule has 12 heteroatoms. The Hall–Kier alpha value is -1.96. The number of aromatic amines is 1. The first-order valence-corrected chi connectivity index (χ1v) is 15.2. The number of hydrogen-bond acceptors (Lipinski definition) is 7. The highest BCUT2D eigenvalue weighted by atomic mass is 32.2. The van der Waals surface area contributed by atoms with Crippen molar-refractivity contribution in [2.24, 2.45) is 5.73 Å². The minimum Gasteiger partial charge on any atom is -0.399 e. The fraction of sp³-hybridized carbons (Fsp3) is 0.667. The number of piperidine rings is 1. The van der Waals surface area contributed by atoms with Crippen molar-refractivity contribution in [1.82, 2.24) is 9.29 Å². The number of methoxy groups -OCH3 is 1. The molecular weight excluding hydrogens is 521 g/mol. The number of amides is 1. The minimum absolute atomic E-state index is 0.0132. The van der Waals surface area contributed by atoms with E-state index in [0.717, 1.165) is 29.6 Å². The highest BCUT2D eigenvalue weighted by Gasteiger charge is 2.52. The third-order valence-electron chi connectivity index (χ3n) is 7.88. The Balaban J connectivity index is 0.000000771. The van der Waals surface area contributed by atoms with Crippen molar-refractivity contribution in [1.29, 1.82) is 0 Å². The summed E-state index contributed by atoms with van der Waals surface area (Å²) in [6, 6.07) is 3.73. The van der Waals surface area contributed by atoms with E-state index >= 15 is 0 Å². The number of nitrogens with one attached hydrogen (secondary N) is 1. The first kappa shape index (κ1) is 31.6. The first-order chi connectivity index (χ1) is 18.3. The molecule has 2 saturated heterocycles. The molecule has 3 N–H and O–H groups in total. The number of fused-ring (bicyclic) bond motifs is 1. The van der Waals surface area contributed by atoms with E-state index in [9.17, 15) is 13.2 Å². The van der Waals surface area contributed by atoms with Gasteiger partial charge in [0, 0.05) is 45.0 Å². The maximum absolute atomic E-state index is 12.5. The molecule has 0 radical (unpaired) electrons. The lowest BCUT2D eigenvalue weighted by Gasteiger charge is -2.32. The van der Waals surface area contributed by atoms with Crippen LogP contribution in [0.15, 0.2) is 18.3 Å². The van der Waals surface area contributed by atoms with Crippen LogP contribution in [0.25, 0.3) is 10.9 Å². The van der Waals surface area contributed by atoms with Gasteiger partial charge in [-0.25, -0.2) is 12.7 Å². The molecule has 1 aromatic carbocycles. The summed E-state index contributed by atoms with van der Waals surface area (Å²) in [4.78, 5) is 15.5. The van der Waals surface area contributed by atoms with Crippen LogP contribution in [0.1, 0.15) is 76.2 Å². The predicted octanol–water partition coefficient (Wildman–Crippen LogP) is 2.76. The molecule has 0 unspecified atom stereocenters. The summed E-state index contributed by atoms with van der Waals surface area (Å²) in [6.45, 7) is 14.7. The molecule has 2 aromatic rings. The molecule has 2 aliphatic heterocycles. The lowest BCUT2D eigenvalue weighted by molar-refractivity contribution is 0.00578. The average molecular weight is 566 g/mol. The van der Waals surface area contributed by atoms with Gasteiger partial charge < -0.3 is 29.5 Å². The predicted molar refractivity (Wildman–Crippen MR) is 154 cm³/mol. The van der Waals surface area contributed by atoms with Gasteiger partial charge in [0.1, 0.15) is 0 Å². The molecule has 3 heterocycles. The van der Waals surface area contributed by atoms with Crippen LogP contribution in [0.4, 0.5) is 0 Å². The van der Waals surface area contributed by atoms with E-state index in [1.807, 2.05) is 53.8 Å². The Labute approximate surface area is 233 Å². The minimum atomic E-state index is -3.33. The Kier molecular flexibility index (Phi) is 10.3. The van der Waals surface area contributed by atoms with Crippen LogP contribution in [0.3, 0.4) is 0 Å². The summed E-state index contributed by atoms with van der Waals surface area (Å²) in [6.07, 6.45) is 3.28. The smallest absolute Gasteiger partial charge is 0.399 e. The van der Waals surface area contributed by atoms with Gasteiger partial charge in [0.15, 0.2) is 0 Å². The summed E-state index contributed by atoms with van der Waals surface area (Å²) in [7, 11) is -2.46. The normalized spacial score (nSPS) is 19.7. The lowest BCUT2D eigenvalue weighted by atomic mass is 9.76. The van der Waals surface area contributed by atoms with Crippen molar-refractivity contribution in [2.75, 3.05) is 45.8 Å². The zero-order chi connectivity index (χ0) is 29.0. The Morgan fingerprint density at radius 2 is 1.72 bits per heavy atom. The number of sulfonamides is 1. The van der Waals surface area contributed by atoms with E-state index in [4.69, 9.17) is 24.5 Å². The second kappa shape index (κ2) is 12.7. The summed E-state index contributed by atoms with van der Waals surface area (Å²) < 4.78 is 48.8. The van der Waals surface area contributed by atoms with Crippen LogP contribution in [-0.4, -0.2) is 87.7 Å². The number of primary amides is 1. The van der Waals surface area contributed by atoms with Gasteiger partial charge >= 0.3 is 7.12 Å². The maximum Gasteiger partial charge on any atom is 0.494 e. The molecule has 39 heavy (non-hydrogen) atoms. The van der Waals surface area contributed by atoms with E-state index in [2.05, 4.69) is 4.98 Å². The van der Waals surface area contributed by atoms with Crippen molar-refractivity contribution in [3.8, 4) is 0 Å². The molecule has 0 saturated carbocycles. The molecule has 4 rings (SSSR count). The largest absolute Gasteiger partial charge is 0.494 e. The summed E-state index contributed by atoms with van der Waals surface area (Å²) in [5.41, 5.74) is 7.54. The van der Waals surface area contributed by atoms with Gasteiger partial charge in [-0.05, 0) is 77.4 Å². The van der Waals surface area contributed by atoms with Crippen LogP contribution in [0, 0.1) is 0 Å². The second-order valence-electron chi connectivity index (χ2n) is 11.0. The zero-order valence-electron chi connectivity index (χ0n) is 24.3. The van der Waals surface area contributed by atoms with Crippen molar-refractivity contribution in [3.63, 3.8) is 0 Å².